The van der Waals surface area contributed by atoms with Crippen molar-refractivity contribution in [3.63, 3.8) is 0 Å². The van der Waals surface area contributed by atoms with Crippen LogP contribution >= 0.6 is 0 Å². The van der Waals surface area contributed by atoms with Gasteiger partial charge in [-0.3, -0.25) is 4.98 Å². The van der Waals surface area contributed by atoms with E-state index in [1.54, 1.807) is 38.4 Å². The fourth-order valence-corrected chi connectivity index (χ4v) is 2.72. The van der Waals surface area contributed by atoms with Crippen molar-refractivity contribution in [1.29, 1.82) is 0 Å². The molecule has 28 heavy (non-hydrogen) atoms. The number of hydrogen-bond donors (Lipinski definition) is 2. The van der Waals surface area contributed by atoms with Gasteiger partial charge in [0.05, 0.1) is 11.7 Å². The second-order valence-electron chi connectivity index (χ2n) is 6.55. The number of anilines is 1. The number of aromatic nitrogens is 4. The number of aliphatic hydroxyl groups is 1. The zero-order valence-electron chi connectivity index (χ0n) is 15.3. The Morgan fingerprint density at radius 1 is 1.18 bits per heavy atom. The van der Waals surface area contributed by atoms with Crippen LogP contribution in [0.2, 0.25) is 0 Å². The number of nitrogens with two attached hydrogens (primary N) is 1. The lowest BCUT2D eigenvalue weighted by molar-refractivity contribution is 0.112. The second-order valence-corrected chi connectivity index (χ2v) is 6.55. The Morgan fingerprint density at radius 2 is 2.04 bits per heavy atom. The predicted octanol–water partition coefficient (Wildman–Crippen LogP) is 2.83. The highest BCUT2D eigenvalue weighted by atomic mass is 16.5. The van der Waals surface area contributed by atoms with Gasteiger partial charge >= 0.3 is 0 Å². The summed E-state index contributed by atoms with van der Waals surface area (Å²) in [7, 11) is 0. The van der Waals surface area contributed by atoms with Crippen LogP contribution in [0.5, 0.6) is 0 Å². The minimum atomic E-state index is -1.43. The highest BCUT2D eigenvalue weighted by molar-refractivity contribution is 5.88. The van der Waals surface area contributed by atoms with E-state index in [2.05, 4.69) is 31.9 Å². The molecule has 0 aliphatic rings. The zero-order chi connectivity index (χ0) is 19.7. The third kappa shape index (κ3) is 3.41. The average Bonchev–Trinajstić information content (AvgIpc) is 3.14. The van der Waals surface area contributed by atoms with E-state index in [0.717, 1.165) is 10.9 Å². The molecule has 0 bridgehead atoms. The number of benzene rings is 1. The molecular formula is C21H17N5O2. The molecule has 1 aromatic carbocycles. The van der Waals surface area contributed by atoms with E-state index in [1.165, 1.54) is 0 Å². The molecule has 0 saturated heterocycles. The van der Waals surface area contributed by atoms with Crippen LogP contribution < -0.4 is 5.73 Å². The van der Waals surface area contributed by atoms with Gasteiger partial charge < -0.3 is 15.4 Å². The molecule has 3 N–H and O–H groups in total. The van der Waals surface area contributed by atoms with Gasteiger partial charge in [0, 0.05) is 28.8 Å². The minimum Gasteiger partial charge on any atom is -0.383 e. The molecule has 1 atom stereocenters. The first kappa shape index (κ1) is 17.6. The standard InChI is InChI=1S/C21H17N5O2/c1-13-10-18(26-28-13)21(2,27)8-6-14-4-3-5-15(11-14)20-24-17-12-23-9-7-16(17)19(22)25-20/h3-5,7,9-12,27H,1-2H3,(H2,22,24,25)/t21-/m1/s1. The molecule has 0 radical (unpaired) electrons. The van der Waals surface area contributed by atoms with E-state index in [4.69, 9.17) is 10.3 Å². The van der Waals surface area contributed by atoms with Crippen molar-refractivity contribution in [1.82, 2.24) is 20.1 Å². The highest BCUT2D eigenvalue weighted by Gasteiger charge is 2.24. The number of pyridine rings is 1. The normalized spacial score (nSPS) is 13.0. The summed E-state index contributed by atoms with van der Waals surface area (Å²) in [5.41, 5.74) is 7.14. The van der Waals surface area contributed by atoms with Crippen molar-refractivity contribution in [2.24, 2.45) is 0 Å². The van der Waals surface area contributed by atoms with Gasteiger partial charge in [-0.1, -0.05) is 29.1 Å². The van der Waals surface area contributed by atoms with Crippen LogP contribution in [0.4, 0.5) is 5.82 Å². The second kappa shape index (κ2) is 6.76. The molecule has 0 aliphatic heterocycles. The first-order chi connectivity index (χ1) is 13.4. The Hall–Kier alpha value is -3.76. The Morgan fingerprint density at radius 3 is 2.82 bits per heavy atom. The summed E-state index contributed by atoms with van der Waals surface area (Å²) in [4.78, 5) is 13.0. The smallest absolute Gasteiger partial charge is 0.168 e. The summed E-state index contributed by atoms with van der Waals surface area (Å²) in [6, 6.07) is 10.8. The maximum atomic E-state index is 10.6. The van der Waals surface area contributed by atoms with E-state index in [-0.39, 0.29) is 0 Å². The summed E-state index contributed by atoms with van der Waals surface area (Å²) < 4.78 is 5.01. The lowest BCUT2D eigenvalue weighted by Crippen LogP contribution is -2.18. The average molecular weight is 371 g/mol. The fraction of sp³-hybridized carbons (Fsp3) is 0.143. The summed E-state index contributed by atoms with van der Waals surface area (Å²) in [6.07, 6.45) is 3.30. The molecule has 4 aromatic rings. The third-order valence-electron chi connectivity index (χ3n) is 4.23. The molecular weight excluding hydrogens is 354 g/mol. The maximum Gasteiger partial charge on any atom is 0.168 e. The molecule has 7 heteroatoms. The lowest BCUT2D eigenvalue weighted by atomic mass is 10.0. The number of nitrogen functional groups attached to an aromatic ring is 1. The number of fused-ring (bicyclic) bond motifs is 1. The van der Waals surface area contributed by atoms with Gasteiger partial charge in [0.15, 0.2) is 11.4 Å². The Kier molecular flexibility index (Phi) is 4.26. The molecule has 0 saturated carbocycles. The molecule has 0 unspecified atom stereocenters. The summed E-state index contributed by atoms with van der Waals surface area (Å²) in [5, 5.41) is 15.2. The molecule has 3 aromatic heterocycles. The van der Waals surface area contributed by atoms with Gasteiger partial charge in [0.1, 0.15) is 17.3 Å². The largest absolute Gasteiger partial charge is 0.383 e. The fourth-order valence-electron chi connectivity index (χ4n) is 2.72. The Labute approximate surface area is 161 Å². The van der Waals surface area contributed by atoms with Crippen molar-refractivity contribution in [2.45, 2.75) is 19.4 Å². The number of nitrogens with zero attached hydrogens (tertiary/aromatic N) is 4. The van der Waals surface area contributed by atoms with E-state index in [1.807, 2.05) is 24.3 Å². The third-order valence-corrected chi connectivity index (χ3v) is 4.23. The van der Waals surface area contributed by atoms with Crippen molar-refractivity contribution in [3.8, 4) is 23.2 Å². The Bertz CT molecular complexity index is 1230. The monoisotopic (exact) mass is 371 g/mol. The van der Waals surface area contributed by atoms with Gasteiger partial charge in [0.25, 0.3) is 0 Å². The molecule has 0 fully saturated rings. The van der Waals surface area contributed by atoms with Crippen molar-refractivity contribution < 1.29 is 9.63 Å². The number of aryl methyl sites for hydroxylation is 1. The zero-order valence-corrected chi connectivity index (χ0v) is 15.3. The topological polar surface area (TPSA) is 111 Å². The van der Waals surface area contributed by atoms with E-state index < -0.39 is 5.60 Å². The van der Waals surface area contributed by atoms with E-state index in [0.29, 0.717) is 34.2 Å². The van der Waals surface area contributed by atoms with Gasteiger partial charge in [-0.15, -0.1) is 0 Å². The lowest BCUT2D eigenvalue weighted by Gasteiger charge is -2.11. The quantitative estimate of drug-likeness (QED) is 0.521. The molecule has 138 valence electrons. The first-order valence-corrected chi connectivity index (χ1v) is 8.59. The van der Waals surface area contributed by atoms with Crippen molar-refractivity contribution in [3.05, 3.63) is 65.8 Å². The van der Waals surface area contributed by atoms with Gasteiger partial charge in [-0.25, -0.2) is 9.97 Å². The van der Waals surface area contributed by atoms with E-state index >= 15 is 0 Å². The molecule has 4 rings (SSSR count). The minimum absolute atomic E-state index is 0.367. The van der Waals surface area contributed by atoms with Gasteiger partial charge in [0.2, 0.25) is 0 Å². The highest BCUT2D eigenvalue weighted by Crippen LogP contribution is 2.23. The maximum absolute atomic E-state index is 10.6. The van der Waals surface area contributed by atoms with Crippen LogP contribution in [0.25, 0.3) is 22.3 Å². The van der Waals surface area contributed by atoms with Gasteiger partial charge in [-0.05, 0) is 32.0 Å². The van der Waals surface area contributed by atoms with E-state index in [9.17, 15) is 5.11 Å². The number of rotatable bonds is 2. The van der Waals surface area contributed by atoms with Crippen molar-refractivity contribution >= 4 is 16.7 Å². The van der Waals surface area contributed by atoms with Crippen LogP contribution in [0.1, 0.15) is 23.9 Å². The molecule has 0 amide bonds. The predicted molar refractivity (Wildman–Crippen MR) is 105 cm³/mol. The van der Waals surface area contributed by atoms with Crippen LogP contribution in [0, 0.1) is 18.8 Å². The summed E-state index contributed by atoms with van der Waals surface area (Å²) in [5.74, 6) is 7.30. The molecule has 3 heterocycles. The first-order valence-electron chi connectivity index (χ1n) is 8.59. The van der Waals surface area contributed by atoms with Crippen LogP contribution in [-0.2, 0) is 5.60 Å². The molecule has 0 spiro atoms. The SMILES string of the molecule is Cc1cc([C@](C)(O)C#Cc2cccc(-c3nc(N)c4ccncc4n3)c2)no1. The van der Waals surface area contributed by atoms with Crippen LogP contribution in [-0.4, -0.2) is 25.2 Å². The van der Waals surface area contributed by atoms with Crippen molar-refractivity contribution in [2.75, 3.05) is 5.73 Å². The molecule has 7 nitrogen and oxygen atoms in total. The van der Waals surface area contributed by atoms with Crippen LogP contribution in [0.3, 0.4) is 0 Å². The summed E-state index contributed by atoms with van der Waals surface area (Å²) >= 11 is 0. The van der Waals surface area contributed by atoms with Gasteiger partial charge in [-0.2, -0.15) is 0 Å². The summed E-state index contributed by atoms with van der Waals surface area (Å²) in [6.45, 7) is 3.33. The van der Waals surface area contributed by atoms with Crippen LogP contribution in [0.15, 0.2) is 53.3 Å². The Balaban J connectivity index is 1.70. The molecule has 0 aliphatic carbocycles. The number of hydrogen-bond acceptors (Lipinski definition) is 7.